The van der Waals surface area contributed by atoms with Crippen LogP contribution in [0.5, 0.6) is 5.75 Å². The molecule has 1 fully saturated rings. The molecule has 2 aromatic rings. The van der Waals surface area contributed by atoms with Crippen LogP contribution in [0.3, 0.4) is 0 Å². The van der Waals surface area contributed by atoms with Crippen LogP contribution in [0.15, 0.2) is 29.1 Å². The molecule has 0 bridgehead atoms. The van der Waals surface area contributed by atoms with Crippen molar-refractivity contribution in [3.05, 3.63) is 45.7 Å². The molecule has 2 heterocycles. The second-order valence-electron chi connectivity index (χ2n) is 7.49. The molecule has 1 atom stereocenters. The van der Waals surface area contributed by atoms with Gasteiger partial charge in [0, 0.05) is 0 Å². The van der Waals surface area contributed by atoms with E-state index in [2.05, 4.69) is 10.4 Å². The Balaban J connectivity index is 1.73. The molecule has 0 spiro atoms. The molecule has 0 unspecified atom stereocenters. The van der Waals surface area contributed by atoms with E-state index in [4.69, 9.17) is 4.74 Å². The number of anilines is 1. The number of hydrogen-bond acceptors (Lipinski definition) is 4. The third-order valence-electron chi connectivity index (χ3n) is 5.11. The molecule has 0 saturated heterocycles. The largest absolute Gasteiger partial charge is 0.491 e. The number of nitrogens with one attached hydrogen (secondary N) is 2. The molecule has 7 heteroatoms. The van der Waals surface area contributed by atoms with Crippen molar-refractivity contribution in [1.82, 2.24) is 9.78 Å². The first-order chi connectivity index (χ1) is 13.0. The lowest BCUT2D eigenvalue weighted by Gasteiger charge is -2.17. The summed E-state index contributed by atoms with van der Waals surface area (Å²) in [6.45, 7) is 3.98. The Hall–Kier alpha value is -2.15. The maximum atomic E-state index is 12.8. The highest BCUT2D eigenvalue weighted by Crippen LogP contribution is 2.42. The third kappa shape index (κ3) is 3.65. The van der Waals surface area contributed by atoms with Crippen LogP contribution in [0.1, 0.15) is 61.9 Å². The van der Waals surface area contributed by atoms with Gasteiger partial charge in [0.25, 0.3) is 5.56 Å². The van der Waals surface area contributed by atoms with Crippen molar-refractivity contribution in [1.29, 1.82) is 0 Å². The predicted molar refractivity (Wildman–Crippen MR) is 108 cm³/mol. The molecule has 144 valence electrons. The summed E-state index contributed by atoms with van der Waals surface area (Å²) < 4.78 is 7.62. The Bertz CT molecular complexity index is 879. The van der Waals surface area contributed by atoms with Crippen molar-refractivity contribution in [3.8, 4) is 5.75 Å². The van der Waals surface area contributed by atoms with Crippen molar-refractivity contribution in [3.63, 3.8) is 0 Å². The van der Waals surface area contributed by atoms with Crippen LogP contribution in [0.4, 0.5) is 5.82 Å². The summed E-state index contributed by atoms with van der Waals surface area (Å²) >= 11 is 1.49. The molecular weight excluding hydrogens is 362 g/mol. The zero-order valence-electron chi connectivity index (χ0n) is 15.7. The minimum Gasteiger partial charge on any atom is -0.491 e. The third-order valence-corrected chi connectivity index (χ3v) is 6.38. The molecule has 1 amide bonds. The van der Waals surface area contributed by atoms with E-state index in [1.165, 1.54) is 11.8 Å². The lowest BCUT2D eigenvalue weighted by atomic mass is 10.1. The van der Waals surface area contributed by atoms with Gasteiger partial charge in [-0.05, 0) is 44.4 Å². The SMILES string of the molecule is CC(C)Oc1ccc([C@@H]2SCC(=O)Nc3c2c(=O)[nH]n3C2CCCC2)cc1. The summed E-state index contributed by atoms with van der Waals surface area (Å²) in [6, 6.07) is 8.09. The maximum Gasteiger partial charge on any atom is 0.270 e. The van der Waals surface area contributed by atoms with Gasteiger partial charge in [-0.25, -0.2) is 0 Å². The molecule has 4 rings (SSSR count). The second kappa shape index (κ2) is 7.46. The summed E-state index contributed by atoms with van der Waals surface area (Å²) in [5.74, 6) is 1.72. The van der Waals surface area contributed by atoms with Crippen LogP contribution in [0, 0.1) is 0 Å². The minimum atomic E-state index is -0.182. The van der Waals surface area contributed by atoms with Gasteiger partial charge in [-0.1, -0.05) is 25.0 Å². The fourth-order valence-electron chi connectivity index (χ4n) is 3.94. The number of H-pyrrole nitrogens is 1. The van der Waals surface area contributed by atoms with Gasteiger partial charge < -0.3 is 10.1 Å². The molecule has 2 aliphatic rings. The second-order valence-corrected chi connectivity index (χ2v) is 8.58. The Morgan fingerprint density at radius 3 is 2.52 bits per heavy atom. The van der Waals surface area contributed by atoms with Gasteiger partial charge in [0.2, 0.25) is 5.91 Å². The van der Waals surface area contributed by atoms with E-state index in [-0.39, 0.29) is 28.9 Å². The van der Waals surface area contributed by atoms with Crippen molar-refractivity contribution in [2.75, 3.05) is 11.1 Å². The molecule has 1 aliphatic heterocycles. The highest BCUT2D eigenvalue weighted by atomic mass is 32.2. The fourth-order valence-corrected chi connectivity index (χ4v) is 5.06. The first kappa shape index (κ1) is 18.2. The average molecular weight is 388 g/mol. The lowest BCUT2D eigenvalue weighted by molar-refractivity contribution is -0.113. The molecule has 2 N–H and O–H groups in total. The number of carbonyl (C=O) groups excluding carboxylic acids is 1. The quantitative estimate of drug-likeness (QED) is 0.835. The molecule has 1 aromatic carbocycles. The number of hydrogen-bond donors (Lipinski definition) is 2. The van der Waals surface area contributed by atoms with E-state index in [1.54, 1.807) is 0 Å². The zero-order chi connectivity index (χ0) is 19.0. The summed E-state index contributed by atoms with van der Waals surface area (Å²) in [5, 5.41) is 5.78. The maximum absolute atomic E-state index is 12.8. The van der Waals surface area contributed by atoms with Crippen molar-refractivity contribution < 1.29 is 9.53 Å². The number of rotatable bonds is 4. The van der Waals surface area contributed by atoms with Gasteiger partial charge in [-0.15, -0.1) is 11.8 Å². The van der Waals surface area contributed by atoms with Gasteiger partial charge >= 0.3 is 0 Å². The molecule has 6 nitrogen and oxygen atoms in total. The van der Waals surface area contributed by atoms with E-state index in [9.17, 15) is 9.59 Å². The molecule has 1 aliphatic carbocycles. The van der Waals surface area contributed by atoms with Crippen molar-refractivity contribution in [2.24, 2.45) is 0 Å². The standard InChI is InChI=1S/C20H25N3O3S/c1-12(2)26-15-9-7-13(8-10-15)18-17-19(21-16(24)11-27-18)23(22-20(17)25)14-5-3-4-6-14/h7-10,12,14,18H,3-6,11H2,1-2H3,(H,21,24)(H,22,25)/t18-/m0/s1. The topological polar surface area (TPSA) is 76.1 Å². The molecule has 27 heavy (non-hydrogen) atoms. The van der Waals surface area contributed by atoms with E-state index in [1.807, 2.05) is 42.8 Å². The van der Waals surface area contributed by atoms with E-state index >= 15 is 0 Å². The van der Waals surface area contributed by atoms with E-state index < -0.39 is 0 Å². The molecule has 1 saturated carbocycles. The summed E-state index contributed by atoms with van der Waals surface area (Å²) in [7, 11) is 0. The number of aromatic nitrogens is 2. The van der Waals surface area contributed by atoms with Gasteiger partial charge in [0.05, 0.1) is 28.7 Å². The first-order valence-corrected chi connectivity index (χ1v) is 10.6. The number of nitrogens with zero attached hydrogens (tertiary/aromatic N) is 1. The predicted octanol–water partition coefficient (Wildman–Crippen LogP) is 3.85. The summed E-state index contributed by atoms with van der Waals surface area (Å²) in [4.78, 5) is 25.1. The number of fused-ring (bicyclic) bond motifs is 1. The Morgan fingerprint density at radius 2 is 1.85 bits per heavy atom. The highest BCUT2D eigenvalue weighted by Gasteiger charge is 2.32. The molecule has 1 aromatic heterocycles. The van der Waals surface area contributed by atoms with E-state index in [0.29, 0.717) is 17.1 Å². The Kier molecular flexibility index (Phi) is 5.04. The van der Waals surface area contributed by atoms with Crippen LogP contribution in [0.25, 0.3) is 0 Å². The molecular formula is C20H25N3O3S. The van der Waals surface area contributed by atoms with Crippen LogP contribution in [-0.4, -0.2) is 27.5 Å². The van der Waals surface area contributed by atoms with Crippen molar-refractivity contribution >= 4 is 23.5 Å². The lowest BCUT2D eigenvalue weighted by Crippen LogP contribution is -2.18. The van der Waals surface area contributed by atoms with Gasteiger partial charge in [-0.3, -0.25) is 19.4 Å². The van der Waals surface area contributed by atoms with E-state index in [0.717, 1.165) is 37.0 Å². The van der Waals surface area contributed by atoms with Crippen LogP contribution < -0.4 is 15.6 Å². The highest BCUT2D eigenvalue weighted by molar-refractivity contribution is 8.00. The number of aromatic amines is 1. The number of thioether (sulfide) groups is 1. The van der Waals surface area contributed by atoms with Gasteiger partial charge in [0.15, 0.2) is 0 Å². The summed E-state index contributed by atoms with van der Waals surface area (Å²) in [6.07, 6.45) is 4.49. The van der Waals surface area contributed by atoms with Crippen LogP contribution in [0.2, 0.25) is 0 Å². The van der Waals surface area contributed by atoms with Crippen LogP contribution >= 0.6 is 11.8 Å². The number of benzene rings is 1. The Morgan fingerprint density at radius 1 is 1.15 bits per heavy atom. The van der Waals surface area contributed by atoms with Gasteiger partial charge in [-0.2, -0.15) is 0 Å². The monoisotopic (exact) mass is 387 g/mol. The fraction of sp³-hybridized carbons (Fsp3) is 0.500. The normalized spacial score (nSPS) is 20.4. The van der Waals surface area contributed by atoms with Crippen LogP contribution in [-0.2, 0) is 4.79 Å². The minimum absolute atomic E-state index is 0.0609. The molecule has 0 radical (unpaired) electrons. The first-order valence-electron chi connectivity index (χ1n) is 9.55. The average Bonchev–Trinajstić information content (AvgIpc) is 3.21. The zero-order valence-corrected chi connectivity index (χ0v) is 16.5. The Labute approximate surface area is 162 Å². The van der Waals surface area contributed by atoms with Crippen molar-refractivity contribution in [2.45, 2.75) is 56.9 Å². The number of carbonyl (C=O) groups is 1. The smallest absolute Gasteiger partial charge is 0.270 e. The summed E-state index contributed by atoms with van der Waals surface area (Å²) in [5.41, 5.74) is 1.54. The number of ether oxygens (including phenoxy) is 1. The van der Waals surface area contributed by atoms with Gasteiger partial charge in [0.1, 0.15) is 11.6 Å². The number of amides is 1.